The van der Waals surface area contributed by atoms with Crippen LogP contribution in [0.1, 0.15) is 16.1 Å². The summed E-state index contributed by atoms with van der Waals surface area (Å²) in [7, 11) is 0. The summed E-state index contributed by atoms with van der Waals surface area (Å²) in [6.45, 7) is 0.0234. The molecule has 4 N–H and O–H groups in total. The first-order chi connectivity index (χ1) is 9.15. The summed E-state index contributed by atoms with van der Waals surface area (Å²) in [4.78, 5) is 15.8. The lowest BCUT2D eigenvalue weighted by molar-refractivity contribution is 0.102. The third-order valence-corrected chi connectivity index (χ3v) is 2.93. The van der Waals surface area contributed by atoms with Gasteiger partial charge >= 0.3 is 0 Å². The van der Waals surface area contributed by atoms with Crippen LogP contribution in [0.15, 0.2) is 11.6 Å². The predicted octanol–water partition coefficient (Wildman–Crippen LogP) is 0.0381. The molecule has 0 aliphatic heterocycles. The monoisotopic (exact) mass is 278 g/mol. The van der Waals surface area contributed by atoms with Crippen LogP contribution in [-0.2, 0) is 6.54 Å². The quantitative estimate of drug-likeness (QED) is 0.723. The van der Waals surface area contributed by atoms with Gasteiger partial charge in [-0.2, -0.15) is 10.4 Å². The van der Waals surface area contributed by atoms with Crippen LogP contribution in [0.5, 0.6) is 0 Å². The maximum atomic E-state index is 11.9. The largest absolute Gasteiger partial charge is 0.394 e. The number of nitrogen functional groups attached to an aromatic ring is 1. The Balaban J connectivity index is 2.25. The molecule has 2 aromatic heterocycles. The molecule has 0 radical (unpaired) electrons. The Hall–Kier alpha value is -2.44. The van der Waals surface area contributed by atoms with Crippen LogP contribution >= 0.6 is 11.3 Å². The zero-order chi connectivity index (χ0) is 13.8. The molecule has 0 fully saturated rings. The summed E-state index contributed by atoms with van der Waals surface area (Å²) < 4.78 is 1.34. The first-order valence-electron chi connectivity index (χ1n) is 5.25. The first kappa shape index (κ1) is 13.0. The number of rotatable bonds is 4. The van der Waals surface area contributed by atoms with Crippen LogP contribution in [0.4, 0.5) is 10.9 Å². The molecule has 0 bridgehead atoms. The Bertz CT molecular complexity index is 641. The molecule has 0 aliphatic rings. The zero-order valence-corrected chi connectivity index (χ0v) is 10.5. The second kappa shape index (κ2) is 5.47. The second-order valence-electron chi connectivity index (χ2n) is 3.49. The van der Waals surface area contributed by atoms with E-state index in [2.05, 4.69) is 15.4 Å². The zero-order valence-electron chi connectivity index (χ0n) is 9.70. The van der Waals surface area contributed by atoms with Gasteiger partial charge in [-0.25, -0.2) is 9.67 Å². The van der Waals surface area contributed by atoms with Crippen molar-refractivity contribution in [1.29, 1.82) is 5.26 Å². The molecule has 1 amide bonds. The smallest absolute Gasteiger partial charge is 0.276 e. The predicted molar refractivity (Wildman–Crippen MR) is 68.5 cm³/mol. The molecule has 0 aromatic carbocycles. The van der Waals surface area contributed by atoms with Crippen molar-refractivity contribution in [3.63, 3.8) is 0 Å². The normalized spacial score (nSPS) is 10.1. The minimum Gasteiger partial charge on any atom is -0.394 e. The molecule has 2 aromatic rings. The molecule has 0 atom stereocenters. The highest BCUT2D eigenvalue weighted by Crippen LogP contribution is 2.17. The number of aliphatic hydroxyl groups excluding tert-OH is 1. The molecule has 0 aliphatic carbocycles. The van der Waals surface area contributed by atoms with Gasteiger partial charge in [0.05, 0.1) is 19.3 Å². The number of nitrogens with two attached hydrogens (primary N) is 1. The number of anilines is 2. The summed E-state index contributed by atoms with van der Waals surface area (Å²) in [5.74, 6) is -0.253. The maximum absolute atomic E-state index is 11.9. The van der Waals surface area contributed by atoms with E-state index >= 15 is 0 Å². The highest BCUT2D eigenvalue weighted by atomic mass is 32.1. The van der Waals surface area contributed by atoms with Gasteiger partial charge < -0.3 is 16.2 Å². The topological polar surface area (TPSA) is 130 Å². The minimum atomic E-state index is -0.482. The number of hydrogen-bond acceptors (Lipinski definition) is 7. The molecule has 0 spiro atoms. The van der Waals surface area contributed by atoms with Crippen LogP contribution in [0.25, 0.3) is 0 Å². The fourth-order valence-electron chi connectivity index (χ4n) is 1.43. The number of carbonyl (C=O) groups is 1. The van der Waals surface area contributed by atoms with Crippen LogP contribution in [0, 0.1) is 11.3 Å². The van der Waals surface area contributed by atoms with E-state index in [4.69, 9.17) is 16.1 Å². The Kier molecular flexibility index (Phi) is 3.74. The summed E-state index contributed by atoms with van der Waals surface area (Å²) in [5, 5.41) is 26.1. The standard InChI is InChI=1S/C10H10N6O2S/c11-3-6-4-13-16(1-2-17)8(6)15-9(18)7-5-19-10(12)14-7/h4-5,17H,1-2H2,(H2,12,14)(H,15,18). The van der Waals surface area contributed by atoms with E-state index in [1.807, 2.05) is 6.07 Å². The van der Waals surface area contributed by atoms with E-state index in [9.17, 15) is 4.79 Å². The molecule has 2 rings (SSSR count). The number of aromatic nitrogens is 3. The Morgan fingerprint density at radius 2 is 2.47 bits per heavy atom. The molecule has 98 valence electrons. The van der Waals surface area contributed by atoms with Crippen molar-refractivity contribution in [2.45, 2.75) is 6.54 Å². The molecular weight excluding hydrogens is 268 g/mol. The van der Waals surface area contributed by atoms with Gasteiger partial charge in [0.2, 0.25) is 0 Å². The van der Waals surface area contributed by atoms with Gasteiger partial charge in [0, 0.05) is 5.38 Å². The third-order valence-electron chi connectivity index (χ3n) is 2.26. The van der Waals surface area contributed by atoms with Crippen molar-refractivity contribution in [3.05, 3.63) is 22.8 Å². The van der Waals surface area contributed by atoms with Gasteiger partial charge in [0.25, 0.3) is 5.91 Å². The van der Waals surface area contributed by atoms with Gasteiger partial charge in [0.1, 0.15) is 23.1 Å². The van der Waals surface area contributed by atoms with Crippen molar-refractivity contribution in [1.82, 2.24) is 14.8 Å². The molecule has 0 saturated carbocycles. The first-order valence-corrected chi connectivity index (χ1v) is 6.12. The van der Waals surface area contributed by atoms with Crippen molar-refractivity contribution in [2.24, 2.45) is 0 Å². The minimum absolute atomic E-state index is 0.154. The second-order valence-corrected chi connectivity index (χ2v) is 4.38. The molecule has 0 saturated heterocycles. The fraction of sp³-hybridized carbons (Fsp3) is 0.200. The van der Waals surface area contributed by atoms with E-state index < -0.39 is 5.91 Å². The molecular formula is C10H10N6O2S. The van der Waals surface area contributed by atoms with Crippen molar-refractivity contribution in [3.8, 4) is 6.07 Å². The van der Waals surface area contributed by atoms with Gasteiger partial charge in [0.15, 0.2) is 5.13 Å². The lowest BCUT2D eigenvalue weighted by Gasteiger charge is -2.06. The number of nitrogens with zero attached hydrogens (tertiary/aromatic N) is 4. The maximum Gasteiger partial charge on any atom is 0.276 e. The highest BCUT2D eigenvalue weighted by molar-refractivity contribution is 7.13. The van der Waals surface area contributed by atoms with Crippen LogP contribution in [0.2, 0.25) is 0 Å². The van der Waals surface area contributed by atoms with E-state index in [0.717, 1.165) is 11.3 Å². The highest BCUT2D eigenvalue weighted by Gasteiger charge is 2.16. The lowest BCUT2D eigenvalue weighted by atomic mass is 10.3. The fourth-order valence-corrected chi connectivity index (χ4v) is 1.97. The van der Waals surface area contributed by atoms with E-state index in [1.165, 1.54) is 16.3 Å². The summed E-state index contributed by atoms with van der Waals surface area (Å²) in [6, 6.07) is 1.91. The average Bonchev–Trinajstić information content (AvgIpc) is 2.97. The van der Waals surface area contributed by atoms with Gasteiger partial charge in [-0.3, -0.25) is 4.79 Å². The number of thiazole rings is 1. The number of hydrogen-bond donors (Lipinski definition) is 3. The number of nitriles is 1. The van der Waals surface area contributed by atoms with E-state index in [0.29, 0.717) is 0 Å². The van der Waals surface area contributed by atoms with Crippen molar-refractivity contribution >= 4 is 28.2 Å². The number of carbonyl (C=O) groups excluding carboxylic acids is 1. The average molecular weight is 278 g/mol. The molecule has 0 unspecified atom stereocenters. The number of aliphatic hydroxyl groups is 1. The Labute approximate surface area is 112 Å². The van der Waals surface area contributed by atoms with Crippen molar-refractivity contribution in [2.75, 3.05) is 17.7 Å². The molecule has 9 heteroatoms. The van der Waals surface area contributed by atoms with Crippen LogP contribution < -0.4 is 11.1 Å². The van der Waals surface area contributed by atoms with Gasteiger partial charge in [-0.1, -0.05) is 0 Å². The summed E-state index contributed by atoms with van der Waals surface area (Å²) >= 11 is 1.15. The molecule has 2 heterocycles. The third kappa shape index (κ3) is 2.70. The SMILES string of the molecule is N#Cc1cnn(CCO)c1NC(=O)c1csc(N)n1. The van der Waals surface area contributed by atoms with Crippen molar-refractivity contribution < 1.29 is 9.90 Å². The molecule has 8 nitrogen and oxygen atoms in total. The van der Waals surface area contributed by atoms with E-state index in [-0.39, 0.29) is 35.4 Å². The Morgan fingerprint density at radius 1 is 1.68 bits per heavy atom. The van der Waals surface area contributed by atoms with Gasteiger partial charge in [-0.05, 0) is 0 Å². The number of amides is 1. The summed E-state index contributed by atoms with van der Waals surface area (Å²) in [6.07, 6.45) is 1.32. The van der Waals surface area contributed by atoms with Gasteiger partial charge in [-0.15, -0.1) is 11.3 Å². The Morgan fingerprint density at radius 3 is 3.05 bits per heavy atom. The number of nitrogens with one attached hydrogen (secondary N) is 1. The lowest BCUT2D eigenvalue weighted by Crippen LogP contribution is -2.17. The molecule has 19 heavy (non-hydrogen) atoms. The van der Waals surface area contributed by atoms with Crippen LogP contribution in [0.3, 0.4) is 0 Å². The van der Waals surface area contributed by atoms with E-state index in [1.54, 1.807) is 0 Å². The summed E-state index contributed by atoms with van der Waals surface area (Å²) in [5.41, 5.74) is 5.83. The van der Waals surface area contributed by atoms with Crippen LogP contribution in [-0.4, -0.2) is 32.4 Å².